The molecule has 4 saturated carbocycles. The van der Waals surface area contributed by atoms with Crippen LogP contribution < -0.4 is 0 Å². The number of hydrogen-bond acceptors (Lipinski definition) is 3. The molecule has 0 aliphatic heterocycles. The number of imidazole rings is 2. The molecule has 0 bridgehead atoms. The van der Waals surface area contributed by atoms with Crippen molar-refractivity contribution >= 4 is 0 Å². The zero-order chi connectivity index (χ0) is 23.5. The lowest BCUT2D eigenvalue weighted by atomic mass is 9.67. The third kappa shape index (κ3) is 5.70. The van der Waals surface area contributed by atoms with Crippen molar-refractivity contribution in [1.29, 1.82) is 0 Å². The topological polar surface area (TPSA) is 66.6 Å². The lowest BCUT2D eigenvalue weighted by Crippen LogP contribution is -2.29. The summed E-state index contributed by atoms with van der Waals surface area (Å²) < 4.78 is 6.20. The van der Waals surface area contributed by atoms with Crippen molar-refractivity contribution in [2.45, 2.75) is 102 Å². The van der Waals surface area contributed by atoms with Gasteiger partial charge in [-0.25, -0.2) is 9.97 Å². The highest BCUT2D eigenvalue weighted by Gasteiger charge is 2.45. The predicted molar refractivity (Wildman–Crippen MR) is 139 cm³/mol. The molecule has 0 saturated heterocycles. The first-order chi connectivity index (χ1) is 17.4. The second-order valence-corrected chi connectivity index (χ2v) is 12.3. The Hall–Kier alpha value is -1.62. The van der Waals surface area contributed by atoms with Gasteiger partial charge >= 0.3 is 0 Å². The van der Waals surface area contributed by atoms with Crippen molar-refractivity contribution in [1.82, 2.24) is 19.9 Å². The SMILES string of the molecule is c1nc([C@@H]2CCCC(CCCOCCCC3CCC[C@@H](c4c[nH]cn4)[C@@H]3C3CC3)[C@H]2C2CC2)c[nH]1. The van der Waals surface area contributed by atoms with E-state index in [2.05, 4.69) is 32.3 Å². The molecule has 192 valence electrons. The summed E-state index contributed by atoms with van der Waals surface area (Å²) in [4.78, 5) is 15.7. The maximum Gasteiger partial charge on any atom is 0.0923 e. The molecule has 0 amide bonds. The minimum atomic E-state index is 0.689. The number of aromatic amines is 2. The minimum Gasteiger partial charge on any atom is -0.381 e. The minimum absolute atomic E-state index is 0.689. The number of hydrogen-bond donors (Lipinski definition) is 2. The molecular formula is C30H46N4O. The summed E-state index contributed by atoms with van der Waals surface area (Å²) in [6, 6.07) is 0. The average Bonchev–Trinajstić information content (AvgIpc) is 3.79. The maximum absolute atomic E-state index is 6.20. The van der Waals surface area contributed by atoms with Gasteiger partial charge in [0.2, 0.25) is 0 Å². The summed E-state index contributed by atoms with van der Waals surface area (Å²) in [5, 5.41) is 0. The predicted octanol–water partition coefficient (Wildman–Crippen LogP) is 7.23. The van der Waals surface area contributed by atoms with Crippen molar-refractivity contribution in [3.8, 4) is 0 Å². The highest BCUT2D eigenvalue weighted by molar-refractivity contribution is 5.11. The molecular weight excluding hydrogens is 432 g/mol. The van der Waals surface area contributed by atoms with Crippen LogP contribution in [0.2, 0.25) is 0 Å². The van der Waals surface area contributed by atoms with E-state index in [0.717, 1.165) is 48.7 Å². The Labute approximate surface area is 211 Å². The van der Waals surface area contributed by atoms with E-state index in [9.17, 15) is 0 Å². The molecule has 2 aromatic rings. The molecule has 2 unspecified atom stereocenters. The van der Waals surface area contributed by atoms with E-state index in [4.69, 9.17) is 4.74 Å². The van der Waals surface area contributed by atoms with Crippen molar-refractivity contribution in [3.05, 3.63) is 36.4 Å². The van der Waals surface area contributed by atoms with Gasteiger partial charge in [0, 0.05) is 37.4 Å². The van der Waals surface area contributed by atoms with Gasteiger partial charge in [-0.15, -0.1) is 0 Å². The molecule has 2 heterocycles. The van der Waals surface area contributed by atoms with Gasteiger partial charge in [0.1, 0.15) is 0 Å². The highest BCUT2D eigenvalue weighted by atomic mass is 16.5. The van der Waals surface area contributed by atoms with Crippen molar-refractivity contribution in [2.75, 3.05) is 13.2 Å². The third-order valence-corrected chi connectivity index (χ3v) is 10.1. The molecule has 4 aliphatic rings. The van der Waals surface area contributed by atoms with Gasteiger partial charge in [0.05, 0.1) is 24.0 Å². The molecule has 6 atom stereocenters. The molecule has 4 fully saturated rings. The quantitative estimate of drug-likeness (QED) is 0.316. The Morgan fingerprint density at radius 1 is 0.657 bits per heavy atom. The van der Waals surface area contributed by atoms with Crippen LogP contribution in [0.3, 0.4) is 0 Å². The molecule has 6 rings (SSSR count). The van der Waals surface area contributed by atoms with Crippen LogP contribution in [0.4, 0.5) is 0 Å². The van der Waals surface area contributed by atoms with Gasteiger partial charge in [-0.3, -0.25) is 0 Å². The molecule has 0 aromatic carbocycles. The molecule has 5 heteroatoms. The number of H-pyrrole nitrogens is 2. The van der Waals surface area contributed by atoms with Crippen LogP contribution in [0.15, 0.2) is 25.0 Å². The fourth-order valence-corrected chi connectivity index (χ4v) is 8.33. The molecule has 0 spiro atoms. The smallest absolute Gasteiger partial charge is 0.0923 e. The summed E-state index contributed by atoms with van der Waals surface area (Å²) in [7, 11) is 0. The summed E-state index contributed by atoms with van der Waals surface area (Å²) in [6.07, 6.45) is 27.3. The van der Waals surface area contributed by atoms with E-state index < -0.39 is 0 Å². The van der Waals surface area contributed by atoms with E-state index in [1.807, 2.05) is 12.7 Å². The largest absolute Gasteiger partial charge is 0.381 e. The Kier molecular flexibility index (Phi) is 7.60. The number of aromatic nitrogens is 4. The lowest BCUT2D eigenvalue weighted by Gasteiger charge is -2.38. The molecule has 2 aromatic heterocycles. The normalized spacial score (nSPS) is 33.7. The van der Waals surface area contributed by atoms with Gasteiger partial charge in [0.15, 0.2) is 0 Å². The zero-order valence-corrected chi connectivity index (χ0v) is 21.5. The Balaban J connectivity index is 0.924. The molecule has 0 radical (unpaired) electrons. The van der Waals surface area contributed by atoms with E-state index in [1.165, 1.54) is 101 Å². The first-order valence-corrected chi connectivity index (χ1v) is 14.9. The third-order valence-electron chi connectivity index (χ3n) is 10.1. The van der Waals surface area contributed by atoms with Crippen LogP contribution in [0, 0.1) is 35.5 Å². The number of ether oxygens (including phenoxy) is 1. The number of nitrogens with one attached hydrogen (secondary N) is 2. The van der Waals surface area contributed by atoms with Crippen LogP contribution in [0.25, 0.3) is 0 Å². The maximum atomic E-state index is 6.20. The van der Waals surface area contributed by atoms with Crippen LogP contribution >= 0.6 is 0 Å². The Morgan fingerprint density at radius 2 is 1.14 bits per heavy atom. The highest BCUT2D eigenvalue weighted by Crippen LogP contribution is 2.54. The summed E-state index contributed by atoms with van der Waals surface area (Å²) >= 11 is 0. The van der Waals surface area contributed by atoms with Crippen LogP contribution in [0.1, 0.15) is 113 Å². The molecule has 35 heavy (non-hydrogen) atoms. The van der Waals surface area contributed by atoms with Gasteiger partial charge < -0.3 is 14.7 Å². The molecule has 2 N–H and O–H groups in total. The second-order valence-electron chi connectivity index (χ2n) is 12.3. The van der Waals surface area contributed by atoms with Gasteiger partial charge in [-0.1, -0.05) is 25.7 Å². The monoisotopic (exact) mass is 478 g/mol. The number of nitrogens with zero attached hydrogens (tertiary/aromatic N) is 2. The first-order valence-electron chi connectivity index (χ1n) is 14.9. The molecule has 5 nitrogen and oxygen atoms in total. The Bertz CT molecular complexity index is 800. The number of rotatable bonds is 12. The van der Waals surface area contributed by atoms with Gasteiger partial charge in [0.25, 0.3) is 0 Å². The average molecular weight is 479 g/mol. The van der Waals surface area contributed by atoms with Crippen molar-refractivity contribution in [2.24, 2.45) is 35.5 Å². The van der Waals surface area contributed by atoms with Gasteiger partial charge in [-0.2, -0.15) is 0 Å². The Morgan fingerprint density at radius 3 is 1.54 bits per heavy atom. The van der Waals surface area contributed by atoms with Gasteiger partial charge in [-0.05, 0) is 99.7 Å². The first kappa shape index (κ1) is 23.8. The van der Waals surface area contributed by atoms with Crippen LogP contribution in [-0.4, -0.2) is 33.1 Å². The van der Waals surface area contributed by atoms with Crippen molar-refractivity contribution < 1.29 is 4.74 Å². The molecule has 4 aliphatic carbocycles. The van der Waals surface area contributed by atoms with E-state index in [-0.39, 0.29) is 0 Å². The summed E-state index contributed by atoms with van der Waals surface area (Å²) in [6.45, 7) is 1.90. The summed E-state index contributed by atoms with van der Waals surface area (Å²) in [5.74, 6) is 6.78. The standard InChI is InChI=1S/C30H46N4O/c1-5-21(29(23-11-12-23)25(9-1)27-17-31-19-33-27)7-3-15-35-16-4-8-22-6-2-10-26(28-18-32-20-34-28)30(22)24-13-14-24/h17-26,29-30H,1-16H2,(H,31,33)(H,32,34)/t21?,22?,25-,26-,29-,30-/m0/s1. The van der Waals surface area contributed by atoms with E-state index in [0.29, 0.717) is 11.8 Å². The van der Waals surface area contributed by atoms with Crippen LogP contribution in [0.5, 0.6) is 0 Å². The van der Waals surface area contributed by atoms with Crippen molar-refractivity contribution in [3.63, 3.8) is 0 Å². The lowest BCUT2D eigenvalue weighted by molar-refractivity contribution is 0.0951. The second kappa shape index (κ2) is 11.2. The zero-order valence-electron chi connectivity index (χ0n) is 21.5. The van der Waals surface area contributed by atoms with E-state index >= 15 is 0 Å². The van der Waals surface area contributed by atoms with Crippen LogP contribution in [-0.2, 0) is 4.74 Å². The summed E-state index contributed by atoms with van der Waals surface area (Å²) in [5.41, 5.74) is 2.65. The fourth-order valence-electron chi connectivity index (χ4n) is 8.33. The fraction of sp³-hybridized carbons (Fsp3) is 0.800. The van der Waals surface area contributed by atoms with E-state index in [1.54, 1.807) is 0 Å².